The fraction of sp³-hybridized carbons (Fsp3) is 0.471. The molecule has 144 valence electrons. The predicted molar refractivity (Wildman–Crippen MR) is 92.5 cm³/mol. The van der Waals surface area contributed by atoms with Crippen LogP contribution in [-0.4, -0.2) is 58.5 Å². The quantitative estimate of drug-likeness (QED) is 0.612. The van der Waals surface area contributed by atoms with Crippen molar-refractivity contribution in [1.29, 1.82) is 0 Å². The first-order valence-corrected chi connectivity index (χ1v) is 8.51. The highest BCUT2D eigenvalue weighted by molar-refractivity contribution is 6.02. The summed E-state index contributed by atoms with van der Waals surface area (Å²) in [7, 11) is 0. The van der Waals surface area contributed by atoms with E-state index in [0.717, 1.165) is 4.90 Å². The van der Waals surface area contributed by atoms with Crippen molar-refractivity contribution in [1.82, 2.24) is 4.90 Å². The van der Waals surface area contributed by atoms with Crippen molar-refractivity contribution < 1.29 is 29.2 Å². The Morgan fingerprint density at radius 2 is 2.15 bits per heavy atom. The second-order valence-electron chi connectivity index (χ2n) is 6.75. The lowest BCUT2D eigenvalue weighted by atomic mass is 9.92. The van der Waals surface area contributed by atoms with Crippen molar-refractivity contribution in [2.24, 2.45) is 5.92 Å². The number of benzene rings is 1. The number of carboxylic acids is 1. The highest BCUT2D eigenvalue weighted by Crippen LogP contribution is 2.35. The second-order valence-corrected chi connectivity index (χ2v) is 6.75. The maximum absolute atomic E-state index is 12.8. The van der Waals surface area contributed by atoms with Gasteiger partial charge < -0.3 is 14.7 Å². The van der Waals surface area contributed by atoms with Crippen LogP contribution >= 0.6 is 0 Å². The molecule has 0 aromatic heterocycles. The van der Waals surface area contributed by atoms with Gasteiger partial charge in [0.25, 0.3) is 11.6 Å². The summed E-state index contributed by atoms with van der Waals surface area (Å²) < 4.78 is 5.27. The predicted octanol–water partition coefficient (Wildman–Crippen LogP) is 1.03. The zero-order valence-electron chi connectivity index (χ0n) is 14.7. The summed E-state index contributed by atoms with van der Waals surface area (Å²) in [6, 6.07) is 2.86. The summed E-state index contributed by atoms with van der Waals surface area (Å²) in [5.41, 5.74) is -0.106. The average molecular weight is 377 g/mol. The van der Waals surface area contributed by atoms with Crippen LogP contribution in [0.25, 0.3) is 0 Å². The van der Waals surface area contributed by atoms with E-state index in [2.05, 4.69) is 0 Å². The Kier molecular flexibility index (Phi) is 4.98. The van der Waals surface area contributed by atoms with Gasteiger partial charge in [0.1, 0.15) is 18.3 Å². The molecule has 1 saturated heterocycles. The van der Waals surface area contributed by atoms with Crippen LogP contribution < -0.4 is 9.64 Å². The largest absolute Gasteiger partial charge is 0.482 e. The van der Waals surface area contributed by atoms with Gasteiger partial charge >= 0.3 is 5.97 Å². The van der Waals surface area contributed by atoms with Gasteiger partial charge in [0.05, 0.1) is 10.6 Å². The molecule has 3 rings (SSSR count). The normalized spacial score (nSPS) is 22.0. The summed E-state index contributed by atoms with van der Waals surface area (Å²) in [6.45, 7) is 1.53. The first-order chi connectivity index (χ1) is 12.8. The SMILES string of the molecule is CC1CCN(C(=O)CN2C(=O)COc3ccc([N+](=O)[O-])cc32)C(C(=O)O)C1. The van der Waals surface area contributed by atoms with E-state index in [1.807, 2.05) is 6.92 Å². The van der Waals surface area contributed by atoms with Gasteiger partial charge in [0.2, 0.25) is 5.91 Å². The summed E-state index contributed by atoms with van der Waals surface area (Å²) in [5, 5.41) is 20.4. The topological polar surface area (TPSA) is 130 Å². The number of fused-ring (bicyclic) bond motifs is 1. The average Bonchev–Trinajstić information content (AvgIpc) is 2.63. The zero-order valence-corrected chi connectivity index (χ0v) is 14.7. The number of anilines is 1. The molecular weight excluding hydrogens is 358 g/mol. The molecule has 1 aromatic carbocycles. The molecule has 2 amide bonds. The molecule has 2 aliphatic heterocycles. The van der Waals surface area contributed by atoms with E-state index in [9.17, 15) is 29.6 Å². The van der Waals surface area contributed by atoms with Gasteiger partial charge in [-0.15, -0.1) is 0 Å². The maximum Gasteiger partial charge on any atom is 0.326 e. The number of hydrogen-bond acceptors (Lipinski definition) is 6. The molecule has 1 aromatic rings. The molecule has 1 N–H and O–H groups in total. The first-order valence-electron chi connectivity index (χ1n) is 8.51. The molecule has 0 saturated carbocycles. The lowest BCUT2D eigenvalue weighted by molar-refractivity contribution is -0.384. The van der Waals surface area contributed by atoms with E-state index in [0.29, 0.717) is 12.8 Å². The van der Waals surface area contributed by atoms with Crippen LogP contribution in [0.4, 0.5) is 11.4 Å². The number of likely N-dealkylation sites (tertiary alicyclic amines) is 1. The maximum atomic E-state index is 12.8. The molecule has 2 heterocycles. The summed E-state index contributed by atoms with van der Waals surface area (Å²) in [6.07, 6.45) is 1.02. The highest BCUT2D eigenvalue weighted by Gasteiger charge is 2.37. The van der Waals surface area contributed by atoms with E-state index in [4.69, 9.17) is 4.74 Å². The van der Waals surface area contributed by atoms with Gasteiger partial charge in [-0.2, -0.15) is 0 Å². The van der Waals surface area contributed by atoms with Gasteiger partial charge in [0, 0.05) is 18.7 Å². The van der Waals surface area contributed by atoms with Gasteiger partial charge in [-0.3, -0.25) is 24.6 Å². The molecule has 2 atom stereocenters. The Bertz CT molecular complexity index is 810. The minimum absolute atomic E-state index is 0.131. The number of nitro groups is 1. The van der Waals surface area contributed by atoms with Crippen molar-refractivity contribution in [2.75, 3.05) is 24.6 Å². The number of non-ortho nitro benzene ring substituents is 1. The van der Waals surface area contributed by atoms with Crippen molar-refractivity contribution >= 4 is 29.2 Å². The molecule has 0 radical (unpaired) electrons. The summed E-state index contributed by atoms with van der Waals surface area (Å²) >= 11 is 0. The molecule has 2 aliphatic rings. The molecule has 0 spiro atoms. The van der Waals surface area contributed by atoms with Gasteiger partial charge in [-0.05, 0) is 24.8 Å². The third-order valence-corrected chi connectivity index (χ3v) is 4.86. The van der Waals surface area contributed by atoms with E-state index in [1.54, 1.807) is 0 Å². The molecule has 10 heteroatoms. The lowest BCUT2D eigenvalue weighted by Gasteiger charge is -2.37. The second kappa shape index (κ2) is 7.22. The van der Waals surface area contributed by atoms with Crippen LogP contribution in [0.1, 0.15) is 19.8 Å². The Morgan fingerprint density at radius 1 is 1.41 bits per heavy atom. The minimum Gasteiger partial charge on any atom is -0.482 e. The standard InChI is InChI=1S/C17H19N3O7/c1-10-4-5-18(13(6-10)17(23)24)15(21)8-19-12-7-11(20(25)26)2-3-14(12)27-9-16(19)22/h2-3,7,10,13H,4-6,8-9H2,1H3,(H,23,24). The summed E-state index contributed by atoms with van der Waals surface area (Å²) in [4.78, 5) is 49.3. The number of aliphatic carboxylic acids is 1. The fourth-order valence-corrected chi connectivity index (χ4v) is 3.38. The fourth-order valence-electron chi connectivity index (χ4n) is 3.38. The number of ether oxygens (including phenoxy) is 1. The van der Waals surface area contributed by atoms with Crippen LogP contribution in [0, 0.1) is 16.0 Å². The smallest absolute Gasteiger partial charge is 0.326 e. The Hall–Kier alpha value is -3.17. The number of amides is 2. The molecular formula is C17H19N3O7. The molecule has 1 fully saturated rings. The zero-order chi connectivity index (χ0) is 19.7. The van der Waals surface area contributed by atoms with Crippen molar-refractivity contribution in [2.45, 2.75) is 25.8 Å². The van der Waals surface area contributed by atoms with Crippen LogP contribution in [-0.2, 0) is 14.4 Å². The molecule has 0 bridgehead atoms. The number of nitro benzene ring substituents is 1. The third-order valence-electron chi connectivity index (χ3n) is 4.86. The van der Waals surface area contributed by atoms with E-state index in [1.165, 1.54) is 23.1 Å². The van der Waals surface area contributed by atoms with Crippen LogP contribution in [0.3, 0.4) is 0 Å². The number of hydrogen-bond donors (Lipinski definition) is 1. The van der Waals surface area contributed by atoms with Crippen molar-refractivity contribution in [3.63, 3.8) is 0 Å². The monoisotopic (exact) mass is 377 g/mol. The number of rotatable bonds is 4. The van der Waals surface area contributed by atoms with E-state index < -0.39 is 35.3 Å². The number of carbonyl (C=O) groups excluding carboxylic acids is 2. The Morgan fingerprint density at radius 3 is 2.81 bits per heavy atom. The Labute approximate surface area is 154 Å². The number of carbonyl (C=O) groups is 3. The van der Waals surface area contributed by atoms with Crippen LogP contribution in [0.2, 0.25) is 0 Å². The molecule has 27 heavy (non-hydrogen) atoms. The first kappa shape index (κ1) is 18.6. The molecule has 2 unspecified atom stereocenters. The highest BCUT2D eigenvalue weighted by atomic mass is 16.6. The molecule has 0 aliphatic carbocycles. The van der Waals surface area contributed by atoms with Crippen LogP contribution in [0.15, 0.2) is 18.2 Å². The summed E-state index contributed by atoms with van der Waals surface area (Å²) in [5.74, 6) is -1.67. The van der Waals surface area contributed by atoms with E-state index >= 15 is 0 Å². The molecule has 10 nitrogen and oxygen atoms in total. The minimum atomic E-state index is -1.08. The van der Waals surface area contributed by atoms with E-state index in [-0.39, 0.29) is 36.2 Å². The van der Waals surface area contributed by atoms with Crippen molar-refractivity contribution in [3.05, 3.63) is 28.3 Å². The third kappa shape index (κ3) is 3.69. The number of nitrogens with zero attached hydrogens (tertiary/aromatic N) is 3. The number of carboxylic acid groups (broad SMARTS) is 1. The van der Waals surface area contributed by atoms with Gasteiger partial charge in [-0.25, -0.2) is 4.79 Å². The van der Waals surface area contributed by atoms with Gasteiger partial charge in [-0.1, -0.05) is 6.92 Å². The number of piperidine rings is 1. The van der Waals surface area contributed by atoms with Crippen LogP contribution in [0.5, 0.6) is 5.75 Å². The van der Waals surface area contributed by atoms with Gasteiger partial charge in [0.15, 0.2) is 6.61 Å². The Balaban J connectivity index is 1.85. The lowest BCUT2D eigenvalue weighted by Crippen LogP contribution is -2.54. The van der Waals surface area contributed by atoms with Crippen molar-refractivity contribution in [3.8, 4) is 5.75 Å².